The van der Waals surface area contributed by atoms with Crippen molar-refractivity contribution in [3.05, 3.63) is 29.6 Å². The van der Waals surface area contributed by atoms with Crippen LogP contribution in [0, 0.1) is 11.7 Å². The predicted octanol–water partition coefficient (Wildman–Crippen LogP) is 2.13. The number of benzene rings is 1. The minimum absolute atomic E-state index is 0.298. The van der Waals surface area contributed by atoms with Gasteiger partial charge in [0.1, 0.15) is 0 Å². The fourth-order valence-electron chi connectivity index (χ4n) is 2.18. The third-order valence-corrected chi connectivity index (χ3v) is 3.27. The molecular weight excluding hydrogens is 233 g/mol. The molecule has 1 fully saturated rings. The van der Waals surface area contributed by atoms with Gasteiger partial charge in [0.05, 0.1) is 6.61 Å². The quantitative estimate of drug-likeness (QED) is 0.874. The first-order valence-corrected chi connectivity index (χ1v) is 6.49. The largest absolute Gasteiger partial charge is 0.490 e. The van der Waals surface area contributed by atoms with E-state index >= 15 is 0 Å². The summed E-state index contributed by atoms with van der Waals surface area (Å²) in [6, 6.07) is 5.00. The van der Waals surface area contributed by atoms with Crippen LogP contribution in [0.4, 0.5) is 4.39 Å². The van der Waals surface area contributed by atoms with Gasteiger partial charge in [0.15, 0.2) is 11.6 Å². The van der Waals surface area contributed by atoms with Crippen LogP contribution >= 0.6 is 0 Å². The van der Waals surface area contributed by atoms with Crippen LogP contribution in [-0.2, 0) is 11.2 Å². The van der Waals surface area contributed by atoms with Crippen molar-refractivity contribution in [2.45, 2.75) is 19.3 Å². The molecule has 0 unspecified atom stereocenters. The van der Waals surface area contributed by atoms with Crippen molar-refractivity contribution in [1.29, 1.82) is 0 Å². The molecule has 18 heavy (non-hydrogen) atoms. The molecule has 1 aromatic rings. The molecule has 4 heteroatoms. The van der Waals surface area contributed by atoms with E-state index in [9.17, 15) is 4.39 Å². The SMILES string of the molecule is NCCc1cccc(F)c1OCC1CCOCC1. The maximum absolute atomic E-state index is 13.7. The second-order valence-electron chi connectivity index (χ2n) is 4.63. The number of ether oxygens (including phenoxy) is 2. The molecule has 0 spiro atoms. The Morgan fingerprint density at radius 1 is 1.33 bits per heavy atom. The average Bonchev–Trinajstić information content (AvgIpc) is 2.40. The van der Waals surface area contributed by atoms with Crippen molar-refractivity contribution < 1.29 is 13.9 Å². The molecule has 2 rings (SSSR count). The fraction of sp³-hybridized carbons (Fsp3) is 0.571. The lowest BCUT2D eigenvalue weighted by molar-refractivity contribution is 0.0490. The Labute approximate surface area is 107 Å². The molecule has 1 saturated heterocycles. The summed E-state index contributed by atoms with van der Waals surface area (Å²) in [5.74, 6) is 0.534. The zero-order valence-electron chi connectivity index (χ0n) is 10.5. The lowest BCUT2D eigenvalue weighted by Crippen LogP contribution is -2.22. The summed E-state index contributed by atoms with van der Waals surface area (Å²) < 4.78 is 24.7. The number of rotatable bonds is 5. The van der Waals surface area contributed by atoms with E-state index in [0.717, 1.165) is 31.6 Å². The Hall–Kier alpha value is -1.13. The highest BCUT2D eigenvalue weighted by molar-refractivity contribution is 5.35. The van der Waals surface area contributed by atoms with Gasteiger partial charge in [-0.05, 0) is 43.4 Å². The Bertz CT molecular complexity index is 378. The van der Waals surface area contributed by atoms with E-state index in [0.29, 0.717) is 31.2 Å². The van der Waals surface area contributed by atoms with Gasteiger partial charge < -0.3 is 15.2 Å². The summed E-state index contributed by atoms with van der Waals surface area (Å²) in [5, 5.41) is 0. The first kappa shape index (κ1) is 13.3. The third kappa shape index (κ3) is 3.43. The molecule has 1 aliphatic rings. The molecule has 0 bridgehead atoms. The minimum Gasteiger partial charge on any atom is -0.490 e. The summed E-state index contributed by atoms with van der Waals surface area (Å²) in [5.41, 5.74) is 6.38. The van der Waals surface area contributed by atoms with Gasteiger partial charge in [-0.2, -0.15) is 0 Å². The fourth-order valence-corrected chi connectivity index (χ4v) is 2.18. The molecule has 1 heterocycles. The minimum atomic E-state index is -0.298. The summed E-state index contributed by atoms with van der Waals surface area (Å²) >= 11 is 0. The first-order chi connectivity index (χ1) is 8.81. The maximum Gasteiger partial charge on any atom is 0.165 e. The van der Waals surface area contributed by atoms with Gasteiger partial charge in [-0.25, -0.2) is 4.39 Å². The molecule has 2 N–H and O–H groups in total. The van der Waals surface area contributed by atoms with Crippen LogP contribution in [0.3, 0.4) is 0 Å². The van der Waals surface area contributed by atoms with Crippen LogP contribution in [0.25, 0.3) is 0 Å². The summed E-state index contributed by atoms with van der Waals surface area (Å²) in [6.07, 6.45) is 2.61. The zero-order chi connectivity index (χ0) is 12.8. The molecule has 0 radical (unpaired) electrons. The molecule has 1 aliphatic heterocycles. The first-order valence-electron chi connectivity index (χ1n) is 6.49. The van der Waals surface area contributed by atoms with Gasteiger partial charge in [0.25, 0.3) is 0 Å². The van der Waals surface area contributed by atoms with E-state index in [1.807, 2.05) is 6.07 Å². The van der Waals surface area contributed by atoms with Crippen LogP contribution in [0.5, 0.6) is 5.75 Å². The highest BCUT2D eigenvalue weighted by Crippen LogP contribution is 2.25. The van der Waals surface area contributed by atoms with Gasteiger partial charge in [0.2, 0.25) is 0 Å². The molecule has 3 nitrogen and oxygen atoms in total. The molecule has 0 saturated carbocycles. The van der Waals surface area contributed by atoms with Gasteiger partial charge in [0, 0.05) is 13.2 Å². The second kappa shape index (κ2) is 6.71. The number of hydrogen-bond donors (Lipinski definition) is 1. The molecular formula is C14H20FNO2. The molecule has 0 aliphatic carbocycles. The topological polar surface area (TPSA) is 44.5 Å². The maximum atomic E-state index is 13.7. The lowest BCUT2D eigenvalue weighted by Gasteiger charge is -2.23. The smallest absolute Gasteiger partial charge is 0.165 e. The summed E-state index contributed by atoms with van der Waals surface area (Å²) in [6.45, 7) is 2.61. The number of nitrogens with two attached hydrogens (primary N) is 1. The Morgan fingerprint density at radius 2 is 2.11 bits per heavy atom. The van der Waals surface area contributed by atoms with Crippen LogP contribution in [0.1, 0.15) is 18.4 Å². The second-order valence-corrected chi connectivity index (χ2v) is 4.63. The van der Waals surface area contributed by atoms with Crippen molar-refractivity contribution >= 4 is 0 Å². The van der Waals surface area contributed by atoms with Gasteiger partial charge >= 0.3 is 0 Å². The van der Waals surface area contributed by atoms with E-state index in [1.54, 1.807) is 6.07 Å². The van der Waals surface area contributed by atoms with E-state index in [4.69, 9.17) is 15.2 Å². The van der Waals surface area contributed by atoms with Gasteiger partial charge in [-0.15, -0.1) is 0 Å². The lowest BCUT2D eigenvalue weighted by atomic mass is 10.0. The van der Waals surface area contributed by atoms with Crippen molar-refractivity contribution in [1.82, 2.24) is 0 Å². The monoisotopic (exact) mass is 253 g/mol. The van der Waals surface area contributed by atoms with E-state index in [2.05, 4.69) is 0 Å². The van der Waals surface area contributed by atoms with Crippen molar-refractivity contribution in [3.8, 4) is 5.75 Å². The molecule has 100 valence electrons. The Morgan fingerprint density at radius 3 is 2.83 bits per heavy atom. The average molecular weight is 253 g/mol. The van der Waals surface area contributed by atoms with Crippen molar-refractivity contribution in [2.75, 3.05) is 26.4 Å². The van der Waals surface area contributed by atoms with Crippen LogP contribution in [0.15, 0.2) is 18.2 Å². The standard InChI is InChI=1S/C14H20FNO2/c15-13-3-1-2-12(4-7-16)14(13)18-10-11-5-8-17-9-6-11/h1-3,11H,4-10,16H2. The number of halogens is 1. The highest BCUT2D eigenvalue weighted by atomic mass is 19.1. The van der Waals surface area contributed by atoms with E-state index < -0.39 is 0 Å². The predicted molar refractivity (Wildman–Crippen MR) is 68.2 cm³/mol. The molecule has 0 amide bonds. The van der Waals surface area contributed by atoms with Gasteiger partial charge in [-0.3, -0.25) is 0 Å². The molecule has 1 aromatic carbocycles. The third-order valence-electron chi connectivity index (χ3n) is 3.27. The van der Waals surface area contributed by atoms with Crippen molar-refractivity contribution in [3.63, 3.8) is 0 Å². The number of para-hydroxylation sites is 1. The number of hydrogen-bond acceptors (Lipinski definition) is 3. The molecule has 0 atom stereocenters. The van der Waals surface area contributed by atoms with E-state index in [-0.39, 0.29) is 5.82 Å². The summed E-state index contributed by atoms with van der Waals surface area (Å²) in [4.78, 5) is 0. The Kier molecular flexibility index (Phi) is 4.96. The van der Waals surface area contributed by atoms with Crippen LogP contribution in [0.2, 0.25) is 0 Å². The van der Waals surface area contributed by atoms with Crippen LogP contribution < -0.4 is 10.5 Å². The van der Waals surface area contributed by atoms with Gasteiger partial charge in [-0.1, -0.05) is 12.1 Å². The summed E-state index contributed by atoms with van der Waals surface area (Å²) in [7, 11) is 0. The van der Waals surface area contributed by atoms with E-state index in [1.165, 1.54) is 6.07 Å². The van der Waals surface area contributed by atoms with Crippen molar-refractivity contribution in [2.24, 2.45) is 11.7 Å². The normalized spacial score (nSPS) is 16.8. The Balaban J connectivity index is 1.98. The van der Waals surface area contributed by atoms with Crippen LogP contribution in [-0.4, -0.2) is 26.4 Å². The zero-order valence-corrected chi connectivity index (χ0v) is 10.5. The molecule has 0 aromatic heterocycles. The highest BCUT2D eigenvalue weighted by Gasteiger charge is 2.16.